The largest absolute Gasteiger partial charge is 0.506 e. The number of rotatable bonds is 8. The van der Waals surface area contributed by atoms with Gasteiger partial charge in [-0.2, -0.15) is 16.5 Å². The van der Waals surface area contributed by atoms with Gasteiger partial charge in [-0.1, -0.05) is 23.7 Å². The SMILES string of the molecule is CSCCC(NS(=O)(=O)c1ccccc1F)C(=O)Nc1cc(Cl)ccc1O. The minimum Gasteiger partial charge on any atom is -0.506 e. The molecule has 27 heavy (non-hydrogen) atoms. The maximum absolute atomic E-state index is 13.9. The molecule has 0 fully saturated rings. The number of carbonyl (C=O) groups excluding carboxylic acids is 1. The van der Waals surface area contributed by atoms with E-state index in [4.69, 9.17) is 11.6 Å². The van der Waals surface area contributed by atoms with E-state index in [2.05, 4.69) is 10.0 Å². The highest BCUT2D eigenvalue weighted by Crippen LogP contribution is 2.27. The number of anilines is 1. The average molecular weight is 433 g/mol. The van der Waals surface area contributed by atoms with Gasteiger partial charge in [0, 0.05) is 5.02 Å². The number of hydrogen-bond acceptors (Lipinski definition) is 5. The average Bonchev–Trinajstić information content (AvgIpc) is 2.61. The summed E-state index contributed by atoms with van der Waals surface area (Å²) in [6, 6.07) is 7.82. The molecule has 0 radical (unpaired) electrons. The molecule has 0 aliphatic rings. The third-order valence-electron chi connectivity index (χ3n) is 3.57. The van der Waals surface area contributed by atoms with Gasteiger partial charge in [0.1, 0.15) is 22.5 Å². The van der Waals surface area contributed by atoms with Gasteiger partial charge >= 0.3 is 0 Å². The molecule has 1 unspecified atom stereocenters. The smallest absolute Gasteiger partial charge is 0.244 e. The van der Waals surface area contributed by atoms with Gasteiger partial charge in [-0.3, -0.25) is 4.79 Å². The lowest BCUT2D eigenvalue weighted by molar-refractivity contribution is -0.117. The Kier molecular flexibility index (Phi) is 7.49. The third-order valence-corrected chi connectivity index (χ3v) is 5.95. The Hall–Kier alpha value is -1.81. The highest BCUT2D eigenvalue weighted by Gasteiger charge is 2.27. The second-order valence-electron chi connectivity index (χ2n) is 5.54. The number of carbonyl (C=O) groups is 1. The molecule has 0 saturated heterocycles. The Morgan fingerprint density at radius 1 is 1.30 bits per heavy atom. The summed E-state index contributed by atoms with van der Waals surface area (Å²) in [6.07, 6.45) is 1.98. The fourth-order valence-corrected chi connectivity index (χ4v) is 4.17. The minimum atomic E-state index is -4.26. The Balaban J connectivity index is 2.25. The summed E-state index contributed by atoms with van der Waals surface area (Å²) < 4.78 is 41.1. The number of hydrogen-bond donors (Lipinski definition) is 3. The van der Waals surface area contributed by atoms with Crippen LogP contribution in [0.4, 0.5) is 10.1 Å². The third kappa shape index (κ3) is 5.83. The van der Waals surface area contributed by atoms with Crippen LogP contribution in [-0.4, -0.2) is 37.5 Å². The van der Waals surface area contributed by atoms with E-state index in [-0.39, 0.29) is 22.9 Å². The first-order valence-corrected chi connectivity index (χ1v) is 11.1. The molecule has 0 spiro atoms. The molecule has 0 aliphatic carbocycles. The Morgan fingerprint density at radius 3 is 2.67 bits per heavy atom. The molecular formula is C17H18ClFN2O4S2. The fourth-order valence-electron chi connectivity index (χ4n) is 2.22. The predicted molar refractivity (Wildman–Crippen MR) is 105 cm³/mol. The zero-order chi connectivity index (χ0) is 20.0. The van der Waals surface area contributed by atoms with Gasteiger partial charge in [0.2, 0.25) is 15.9 Å². The molecule has 10 heteroatoms. The van der Waals surface area contributed by atoms with E-state index >= 15 is 0 Å². The summed E-state index contributed by atoms with van der Waals surface area (Å²) in [5.41, 5.74) is 0.0479. The molecule has 0 heterocycles. The molecule has 0 aliphatic heterocycles. The molecule has 1 atom stereocenters. The first-order chi connectivity index (χ1) is 12.7. The molecule has 0 saturated carbocycles. The molecule has 1 amide bonds. The van der Waals surface area contributed by atoms with Crippen molar-refractivity contribution in [1.82, 2.24) is 4.72 Å². The van der Waals surface area contributed by atoms with E-state index in [1.807, 2.05) is 6.26 Å². The van der Waals surface area contributed by atoms with E-state index in [1.165, 1.54) is 42.1 Å². The number of amides is 1. The van der Waals surface area contributed by atoms with Crippen LogP contribution >= 0.6 is 23.4 Å². The number of benzene rings is 2. The molecule has 146 valence electrons. The van der Waals surface area contributed by atoms with Crippen LogP contribution in [0.5, 0.6) is 5.75 Å². The monoisotopic (exact) mass is 432 g/mol. The first-order valence-electron chi connectivity index (χ1n) is 7.80. The van der Waals surface area contributed by atoms with Crippen molar-refractivity contribution in [3.63, 3.8) is 0 Å². The number of sulfonamides is 1. The van der Waals surface area contributed by atoms with Crippen molar-refractivity contribution in [1.29, 1.82) is 0 Å². The van der Waals surface area contributed by atoms with Crippen LogP contribution in [0.15, 0.2) is 47.4 Å². The number of aromatic hydroxyl groups is 1. The van der Waals surface area contributed by atoms with Crippen LogP contribution in [0.25, 0.3) is 0 Å². The molecular weight excluding hydrogens is 415 g/mol. The molecule has 0 bridgehead atoms. The highest BCUT2D eigenvalue weighted by molar-refractivity contribution is 7.98. The van der Waals surface area contributed by atoms with Gasteiger partial charge in [-0.05, 0) is 48.8 Å². The van der Waals surface area contributed by atoms with Crippen LogP contribution in [0.2, 0.25) is 5.02 Å². The quantitative estimate of drug-likeness (QED) is 0.556. The number of halogens is 2. The summed E-state index contributed by atoms with van der Waals surface area (Å²) >= 11 is 7.27. The van der Waals surface area contributed by atoms with Gasteiger partial charge < -0.3 is 10.4 Å². The van der Waals surface area contributed by atoms with E-state index in [0.717, 1.165) is 12.1 Å². The first kappa shape index (κ1) is 21.5. The van der Waals surface area contributed by atoms with E-state index in [1.54, 1.807) is 0 Å². The van der Waals surface area contributed by atoms with E-state index in [9.17, 15) is 22.7 Å². The zero-order valence-corrected chi connectivity index (χ0v) is 16.7. The van der Waals surface area contributed by atoms with Crippen LogP contribution < -0.4 is 10.0 Å². The van der Waals surface area contributed by atoms with Crippen LogP contribution in [0.1, 0.15) is 6.42 Å². The molecule has 2 aromatic rings. The number of phenolic OH excluding ortho intramolecular Hbond substituents is 1. The van der Waals surface area contributed by atoms with Crippen molar-refractivity contribution in [2.45, 2.75) is 17.4 Å². The van der Waals surface area contributed by atoms with Gasteiger partial charge in [-0.15, -0.1) is 0 Å². The number of nitrogens with one attached hydrogen (secondary N) is 2. The summed E-state index contributed by atoms with van der Waals surface area (Å²) in [4.78, 5) is 12.0. The molecule has 0 aromatic heterocycles. The lowest BCUT2D eigenvalue weighted by Gasteiger charge is -2.19. The molecule has 2 aromatic carbocycles. The van der Waals surface area contributed by atoms with Gasteiger partial charge in [0.05, 0.1) is 5.69 Å². The van der Waals surface area contributed by atoms with Crippen LogP contribution in [0.3, 0.4) is 0 Å². The normalized spacial score (nSPS) is 12.6. The summed E-state index contributed by atoms with van der Waals surface area (Å²) in [5, 5.41) is 12.6. The van der Waals surface area contributed by atoms with Crippen LogP contribution in [0, 0.1) is 5.82 Å². The fraction of sp³-hybridized carbons (Fsp3) is 0.235. The second-order valence-corrected chi connectivity index (χ2v) is 8.64. The zero-order valence-electron chi connectivity index (χ0n) is 14.3. The van der Waals surface area contributed by atoms with E-state index < -0.39 is 32.7 Å². The molecule has 3 N–H and O–H groups in total. The van der Waals surface area contributed by atoms with E-state index in [0.29, 0.717) is 5.75 Å². The number of phenols is 1. The topological polar surface area (TPSA) is 95.5 Å². The van der Waals surface area contributed by atoms with Crippen molar-refractivity contribution in [3.8, 4) is 5.75 Å². The maximum Gasteiger partial charge on any atom is 0.244 e. The van der Waals surface area contributed by atoms with Crippen molar-refractivity contribution in [2.75, 3.05) is 17.3 Å². The van der Waals surface area contributed by atoms with Crippen molar-refractivity contribution in [2.24, 2.45) is 0 Å². The van der Waals surface area contributed by atoms with Crippen LogP contribution in [-0.2, 0) is 14.8 Å². The van der Waals surface area contributed by atoms with Gasteiger partial charge in [-0.25, -0.2) is 12.8 Å². The standard InChI is InChI=1S/C17H18ClFN2O4S2/c1-26-9-8-13(17(23)20-14-10-11(18)6-7-15(14)22)21-27(24,25)16-5-3-2-4-12(16)19/h2-7,10,13,21-22H,8-9H2,1H3,(H,20,23). The summed E-state index contributed by atoms with van der Waals surface area (Å²) in [5.74, 6) is -1.34. The Bertz CT molecular complexity index is 925. The lowest BCUT2D eigenvalue weighted by Crippen LogP contribution is -2.44. The minimum absolute atomic E-state index is 0.0479. The predicted octanol–water partition coefficient (Wildman–Crippen LogP) is 3.22. The van der Waals surface area contributed by atoms with Crippen molar-refractivity contribution in [3.05, 3.63) is 53.3 Å². The summed E-state index contributed by atoms with van der Waals surface area (Å²) in [6.45, 7) is 0. The van der Waals surface area contributed by atoms with Gasteiger partial charge in [0.15, 0.2) is 0 Å². The van der Waals surface area contributed by atoms with Crippen molar-refractivity contribution < 1.29 is 22.7 Å². The number of thioether (sulfide) groups is 1. The maximum atomic E-state index is 13.9. The Labute approximate surface area is 166 Å². The Morgan fingerprint density at radius 2 is 2.00 bits per heavy atom. The molecule has 2 rings (SSSR count). The summed E-state index contributed by atoms with van der Waals surface area (Å²) in [7, 11) is -4.26. The van der Waals surface area contributed by atoms with Crippen molar-refractivity contribution >= 4 is 45.0 Å². The lowest BCUT2D eigenvalue weighted by atomic mass is 10.2. The highest BCUT2D eigenvalue weighted by atomic mass is 35.5. The molecule has 6 nitrogen and oxygen atoms in total. The van der Waals surface area contributed by atoms with Gasteiger partial charge in [0.25, 0.3) is 0 Å². The second kappa shape index (κ2) is 9.41.